The summed E-state index contributed by atoms with van der Waals surface area (Å²) in [5.74, 6) is -0.768. The third kappa shape index (κ3) is 5.45. The summed E-state index contributed by atoms with van der Waals surface area (Å²) in [4.78, 5) is 27.3. The van der Waals surface area contributed by atoms with Crippen molar-refractivity contribution in [3.63, 3.8) is 0 Å². The molecule has 1 N–H and O–H groups in total. The lowest BCUT2D eigenvalue weighted by molar-refractivity contribution is -0.137. The highest BCUT2D eigenvalue weighted by molar-refractivity contribution is 5.85. The summed E-state index contributed by atoms with van der Waals surface area (Å²) in [5, 5.41) is 11.2. The van der Waals surface area contributed by atoms with Gasteiger partial charge in [0.05, 0.1) is 12.1 Å². The monoisotopic (exact) mass is 423 g/mol. The van der Waals surface area contributed by atoms with Gasteiger partial charge in [-0.2, -0.15) is 0 Å². The van der Waals surface area contributed by atoms with E-state index in [9.17, 15) is 14.0 Å². The van der Waals surface area contributed by atoms with Gasteiger partial charge in [-0.05, 0) is 42.7 Å². The van der Waals surface area contributed by atoms with Gasteiger partial charge in [0, 0.05) is 12.6 Å². The largest absolute Gasteiger partial charge is 0.352 e. The molecule has 3 aromatic rings. The Morgan fingerprint density at radius 3 is 2.58 bits per heavy atom. The number of halogens is 1. The molecule has 1 fully saturated rings. The highest BCUT2D eigenvalue weighted by Crippen LogP contribution is 2.17. The predicted molar refractivity (Wildman–Crippen MR) is 114 cm³/mol. The maximum Gasteiger partial charge on any atom is 0.245 e. The Morgan fingerprint density at radius 2 is 1.81 bits per heavy atom. The van der Waals surface area contributed by atoms with E-state index in [1.54, 1.807) is 12.1 Å². The third-order valence-electron chi connectivity index (χ3n) is 5.65. The van der Waals surface area contributed by atoms with E-state index in [1.807, 2.05) is 24.3 Å². The molecular formula is C23H26FN5O2. The summed E-state index contributed by atoms with van der Waals surface area (Å²) in [6, 6.07) is 13.5. The zero-order chi connectivity index (χ0) is 21.6. The molecule has 1 saturated carbocycles. The molecule has 0 atom stereocenters. The van der Waals surface area contributed by atoms with Crippen molar-refractivity contribution in [3.05, 3.63) is 59.9 Å². The van der Waals surface area contributed by atoms with E-state index >= 15 is 0 Å². The molecule has 0 radical (unpaired) electrons. The lowest BCUT2D eigenvalue weighted by atomic mass is 9.95. The number of nitrogens with one attached hydrogen (secondary N) is 1. The standard InChI is InChI=1S/C23H26FN5O2/c24-18-12-10-17(11-13-18)14-28(15-22(30)25-19-6-2-1-3-7-19)23(31)16-29-21-9-5-4-8-20(21)26-27-29/h4-5,8-13,19H,1-3,6-7,14-16H2,(H,25,30). The maximum absolute atomic E-state index is 13.3. The van der Waals surface area contributed by atoms with Crippen LogP contribution >= 0.6 is 0 Å². The first-order valence-corrected chi connectivity index (χ1v) is 10.7. The number of rotatable bonds is 7. The minimum atomic E-state index is -0.342. The van der Waals surface area contributed by atoms with E-state index < -0.39 is 0 Å². The van der Waals surface area contributed by atoms with Crippen molar-refractivity contribution in [1.29, 1.82) is 0 Å². The average Bonchev–Trinajstić information content (AvgIpc) is 3.18. The first-order chi connectivity index (χ1) is 15.1. The van der Waals surface area contributed by atoms with Gasteiger partial charge in [0.25, 0.3) is 0 Å². The van der Waals surface area contributed by atoms with E-state index in [1.165, 1.54) is 28.1 Å². The molecule has 1 aliphatic rings. The molecule has 1 aromatic heterocycles. The van der Waals surface area contributed by atoms with Crippen LogP contribution in [0.1, 0.15) is 37.7 Å². The van der Waals surface area contributed by atoms with Crippen molar-refractivity contribution in [2.45, 2.75) is 51.2 Å². The number of nitrogens with zero attached hydrogens (tertiary/aromatic N) is 4. The van der Waals surface area contributed by atoms with Gasteiger partial charge in [-0.15, -0.1) is 5.10 Å². The summed E-state index contributed by atoms with van der Waals surface area (Å²) in [7, 11) is 0. The van der Waals surface area contributed by atoms with E-state index in [0.717, 1.165) is 36.8 Å². The van der Waals surface area contributed by atoms with Crippen molar-refractivity contribution in [2.75, 3.05) is 6.54 Å². The van der Waals surface area contributed by atoms with Crippen molar-refractivity contribution >= 4 is 22.8 Å². The van der Waals surface area contributed by atoms with Gasteiger partial charge in [-0.25, -0.2) is 9.07 Å². The van der Waals surface area contributed by atoms with Crippen LogP contribution in [0.15, 0.2) is 48.5 Å². The molecule has 7 nitrogen and oxygen atoms in total. The quantitative estimate of drug-likeness (QED) is 0.633. The van der Waals surface area contributed by atoms with Crippen LogP contribution in [0.2, 0.25) is 0 Å². The molecule has 2 amide bonds. The maximum atomic E-state index is 13.3. The summed E-state index contributed by atoms with van der Waals surface area (Å²) in [5.41, 5.74) is 2.21. The van der Waals surface area contributed by atoms with Crippen molar-refractivity contribution in [2.24, 2.45) is 0 Å². The molecule has 0 aliphatic heterocycles. The lowest BCUT2D eigenvalue weighted by Gasteiger charge is -2.26. The average molecular weight is 423 g/mol. The van der Waals surface area contributed by atoms with E-state index in [-0.39, 0.29) is 43.3 Å². The molecular weight excluding hydrogens is 397 g/mol. The summed E-state index contributed by atoms with van der Waals surface area (Å²) >= 11 is 0. The fraction of sp³-hybridized carbons (Fsp3) is 0.391. The minimum Gasteiger partial charge on any atom is -0.352 e. The van der Waals surface area contributed by atoms with Gasteiger partial charge >= 0.3 is 0 Å². The second-order valence-electron chi connectivity index (χ2n) is 8.01. The zero-order valence-electron chi connectivity index (χ0n) is 17.3. The topological polar surface area (TPSA) is 80.1 Å². The molecule has 4 rings (SSSR count). The van der Waals surface area contributed by atoms with E-state index in [4.69, 9.17) is 0 Å². The molecule has 0 unspecified atom stereocenters. The Labute approximate surface area is 180 Å². The number of fused-ring (bicyclic) bond motifs is 1. The third-order valence-corrected chi connectivity index (χ3v) is 5.65. The first-order valence-electron chi connectivity index (χ1n) is 10.7. The smallest absolute Gasteiger partial charge is 0.245 e. The second kappa shape index (κ2) is 9.68. The van der Waals surface area contributed by atoms with Gasteiger partial charge in [0.2, 0.25) is 11.8 Å². The number of benzene rings is 2. The normalized spacial score (nSPS) is 14.5. The van der Waals surface area contributed by atoms with Gasteiger partial charge in [-0.1, -0.05) is 48.7 Å². The van der Waals surface area contributed by atoms with Gasteiger partial charge in [0.15, 0.2) is 0 Å². The SMILES string of the molecule is O=C(CN(Cc1ccc(F)cc1)C(=O)Cn1nnc2ccccc21)NC1CCCCC1. The highest BCUT2D eigenvalue weighted by Gasteiger charge is 2.22. The molecule has 1 aliphatic carbocycles. The molecule has 1 heterocycles. The molecule has 31 heavy (non-hydrogen) atoms. The molecule has 162 valence electrons. The van der Waals surface area contributed by atoms with Crippen LogP contribution < -0.4 is 5.32 Å². The van der Waals surface area contributed by atoms with Crippen LogP contribution in [0.4, 0.5) is 4.39 Å². The molecule has 8 heteroatoms. The number of carbonyl (C=O) groups is 2. The Bertz CT molecular complexity index is 1040. The lowest BCUT2D eigenvalue weighted by Crippen LogP contribution is -2.45. The van der Waals surface area contributed by atoms with Crippen molar-refractivity contribution in [3.8, 4) is 0 Å². The Balaban J connectivity index is 1.48. The van der Waals surface area contributed by atoms with Gasteiger partial charge < -0.3 is 10.2 Å². The minimum absolute atomic E-state index is 0.0293. The zero-order valence-corrected chi connectivity index (χ0v) is 17.3. The van der Waals surface area contributed by atoms with Crippen LogP contribution in [0, 0.1) is 5.82 Å². The molecule has 0 saturated heterocycles. The Hall–Kier alpha value is -3.29. The van der Waals surface area contributed by atoms with Crippen LogP contribution in [-0.2, 0) is 22.7 Å². The van der Waals surface area contributed by atoms with Gasteiger partial charge in [0.1, 0.15) is 17.9 Å². The fourth-order valence-corrected chi connectivity index (χ4v) is 4.00. The number of amides is 2. The number of hydrogen-bond acceptors (Lipinski definition) is 4. The van der Waals surface area contributed by atoms with E-state index in [0.29, 0.717) is 5.52 Å². The Kier molecular flexibility index (Phi) is 6.54. The van der Waals surface area contributed by atoms with E-state index in [2.05, 4.69) is 15.6 Å². The predicted octanol–water partition coefficient (Wildman–Crippen LogP) is 3.05. The summed E-state index contributed by atoms with van der Waals surface area (Å²) < 4.78 is 14.8. The number of hydrogen-bond donors (Lipinski definition) is 1. The first kappa shape index (κ1) is 21.0. The van der Waals surface area contributed by atoms with Crippen LogP contribution in [-0.4, -0.2) is 44.3 Å². The van der Waals surface area contributed by atoms with Crippen LogP contribution in [0.3, 0.4) is 0 Å². The van der Waals surface area contributed by atoms with Crippen LogP contribution in [0.5, 0.6) is 0 Å². The molecule has 0 spiro atoms. The number of aromatic nitrogens is 3. The summed E-state index contributed by atoms with van der Waals surface area (Å²) in [6.07, 6.45) is 5.38. The molecule has 2 aromatic carbocycles. The fourth-order valence-electron chi connectivity index (χ4n) is 4.00. The highest BCUT2D eigenvalue weighted by atomic mass is 19.1. The number of carbonyl (C=O) groups excluding carboxylic acids is 2. The van der Waals surface area contributed by atoms with Crippen molar-refractivity contribution in [1.82, 2.24) is 25.2 Å². The van der Waals surface area contributed by atoms with Crippen molar-refractivity contribution < 1.29 is 14.0 Å². The second-order valence-corrected chi connectivity index (χ2v) is 8.01. The number of para-hydroxylation sites is 1. The Morgan fingerprint density at radius 1 is 1.06 bits per heavy atom. The summed E-state index contributed by atoms with van der Waals surface area (Å²) in [6.45, 7) is 0.127. The van der Waals surface area contributed by atoms with Gasteiger partial charge in [-0.3, -0.25) is 9.59 Å². The molecule has 0 bridgehead atoms. The van der Waals surface area contributed by atoms with Crippen LogP contribution in [0.25, 0.3) is 11.0 Å².